The second-order valence-corrected chi connectivity index (χ2v) is 7.43. The number of hydrogen-bond donors (Lipinski definition) is 0. The van der Waals surface area contributed by atoms with Crippen LogP contribution >= 0.6 is 0 Å². The van der Waals surface area contributed by atoms with Gasteiger partial charge in [0, 0.05) is 44.9 Å². The third-order valence-corrected chi connectivity index (χ3v) is 5.49. The highest BCUT2D eigenvalue weighted by molar-refractivity contribution is 5.76. The number of likely N-dealkylation sites (tertiary alicyclic amines) is 1. The second-order valence-electron chi connectivity index (χ2n) is 7.43. The number of nitrogens with zero attached hydrogens (tertiary/aromatic N) is 6. The maximum Gasteiger partial charge on any atom is 0.222 e. The summed E-state index contributed by atoms with van der Waals surface area (Å²) in [6.07, 6.45) is 8.85. The highest BCUT2D eigenvalue weighted by Crippen LogP contribution is 2.26. The quantitative estimate of drug-likeness (QED) is 0.660. The molecule has 7 nitrogen and oxygen atoms in total. The lowest BCUT2D eigenvalue weighted by molar-refractivity contribution is -0.132. The average molecular weight is 378 g/mol. The van der Waals surface area contributed by atoms with Gasteiger partial charge in [0.2, 0.25) is 5.91 Å². The van der Waals surface area contributed by atoms with Crippen molar-refractivity contribution in [3.8, 4) is 0 Å². The summed E-state index contributed by atoms with van der Waals surface area (Å²) in [7, 11) is 2.01. The molecule has 146 valence electrons. The molecule has 1 fully saturated rings. The minimum atomic E-state index is 0.231. The number of aryl methyl sites for hydroxylation is 1. The van der Waals surface area contributed by atoms with Crippen molar-refractivity contribution < 1.29 is 4.79 Å². The van der Waals surface area contributed by atoms with Crippen molar-refractivity contribution in [2.75, 3.05) is 13.1 Å². The lowest BCUT2D eigenvalue weighted by Gasteiger charge is -2.32. The normalized spacial score (nSPS) is 17.0. The smallest absolute Gasteiger partial charge is 0.222 e. The molecule has 7 heteroatoms. The summed E-state index contributed by atoms with van der Waals surface area (Å²) < 4.78 is 4.05. The molecule has 0 bridgehead atoms. The van der Waals surface area contributed by atoms with Crippen molar-refractivity contribution in [1.29, 1.82) is 0 Å². The van der Waals surface area contributed by atoms with E-state index in [9.17, 15) is 4.79 Å². The van der Waals surface area contributed by atoms with E-state index in [1.165, 1.54) is 5.56 Å². The number of rotatable bonds is 6. The molecule has 1 aromatic carbocycles. The number of amides is 1. The van der Waals surface area contributed by atoms with E-state index in [4.69, 9.17) is 0 Å². The van der Waals surface area contributed by atoms with Gasteiger partial charge >= 0.3 is 0 Å². The summed E-state index contributed by atoms with van der Waals surface area (Å²) in [5, 5.41) is 8.82. The van der Waals surface area contributed by atoms with Crippen LogP contribution in [-0.4, -0.2) is 48.2 Å². The Hall–Kier alpha value is -2.96. The van der Waals surface area contributed by atoms with E-state index >= 15 is 0 Å². The van der Waals surface area contributed by atoms with Crippen molar-refractivity contribution in [1.82, 2.24) is 29.2 Å². The van der Waals surface area contributed by atoms with Gasteiger partial charge in [0.05, 0.1) is 12.9 Å². The summed E-state index contributed by atoms with van der Waals surface area (Å²) in [6.45, 7) is 2.21. The van der Waals surface area contributed by atoms with E-state index in [0.717, 1.165) is 44.0 Å². The molecule has 1 aliphatic heterocycles. The predicted molar refractivity (Wildman–Crippen MR) is 106 cm³/mol. The van der Waals surface area contributed by atoms with Gasteiger partial charge in [-0.3, -0.25) is 4.79 Å². The van der Waals surface area contributed by atoms with Gasteiger partial charge in [0.25, 0.3) is 0 Å². The number of hydrogen-bond acceptors (Lipinski definition) is 4. The molecule has 0 saturated carbocycles. The zero-order chi connectivity index (χ0) is 19.3. The van der Waals surface area contributed by atoms with Crippen LogP contribution in [0.1, 0.15) is 42.4 Å². The van der Waals surface area contributed by atoms with Gasteiger partial charge in [-0.15, -0.1) is 10.2 Å². The van der Waals surface area contributed by atoms with Gasteiger partial charge < -0.3 is 14.0 Å². The molecule has 3 heterocycles. The van der Waals surface area contributed by atoms with Crippen LogP contribution in [0.5, 0.6) is 0 Å². The molecule has 0 aliphatic carbocycles. The van der Waals surface area contributed by atoms with E-state index in [-0.39, 0.29) is 11.8 Å². The van der Waals surface area contributed by atoms with Crippen LogP contribution in [0.15, 0.2) is 49.1 Å². The summed E-state index contributed by atoms with van der Waals surface area (Å²) >= 11 is 0. The van der Waals surface area contributed by atoms with Crippen LogP contribution in [0.25, 0.3) is 0 Å². The van der Waals surface area contributed by atoms with E-state index in [1.54, 1.807) is 12.5 Å². The molecular weight excluding hydrogens is 352 g/mol. The van der Waals surface area contributed by atoms with Crippen LogP contribution in [0.3, 0.4) is 0 Å². The molecule has 3 aromatic rings. The number of carbonyl (C=O) groups is 1. The van der Waals surface area contributed by atoms with Crippen molar-refractivity contribution in [2.24, 2.45) is 7.05 Å². The third kappa shape index (κ3) is 4.13. The molecule has 28 heavy (non-hydrogen) atoms. The molecule has 0 spiro atoms. The van der Waals surface area contributed by atoms with Crippen LogP contribution in [0.2, 0.25) is 0 Å². The van der Waals surface area contributed by atoms with Crippen LogP contribution in [-0.2, 0) is 24.8 Å². The number of aromatic nitrogens is 5. The molecule has 4 rings (SSSR count). The van der Waals surface area contributed by atoms with E-state index in [2.05, 4.69) is 31.9 Å². The highest BCUT2D eigenvalue weighted by atomic mass is 16.2. The van der Waals surface area contributed by atoms with Gasteiger partial charge in [-0.25, -0.2) is 4.98 Å². The van der Waals surface area contributed by atoms with Crippen LogP contribution < -0.4 is 0 Å². The Kier molecular flexibility index (Phi) is 5.50. The largest absolute Gasteiger partial charge is 0.342 e. The predicted octanol–water partition coefficient (Wildman–Crippen LogP) is 2.40. The van der Waals surface area contributed by atoms with Crippen LogP contribution in [0.4, 0.5) is 0 Å². The number of carbonyl (C=O) groups excluding carboxylic acids is 1. The monoisotopic (exact) mass is 378 g/mol. The van der Waals surface area contributed by atoms with Crippen molar-refractivity contribution >= 4 is 5.91 Å². The Balaban J connectivity index is 1.38. The Morgan fingerprint density at radius 2 is 2.07 bits per heavy atom. The lowest BCUT2D eigenvalue weighted by Crippen LogP contribution is -2.39. The molecule has 0 N–H and O–H groups in total. The fourth-order valence-electron chi connectivity index (χ4n) is 3.88. The maximum atomic E-state index is 12.7. The molecular formula is C21H26N6O. The summed E-state index contributed by atoms with van der Waals surface area (Å²) in [5.74, 6) is 2.34. The van der Waals surface area contributed by atoms with Crippen molar-refractivity contribution in [3.63, 3.8) is 0 Å². The van der Waals surface area contributed by atoms with Crippen LogP contribution in [0, 0.1) is 0 Å². The number of imidazole rings is 1. The second kappa shape index (κ2) is 8.37. The number of benzene rings is 1. The van der Waals surface area contributed by atoms with Crippen molar-refractivity contribution in [3.05, 3.63) is 66.3 Å². The molecule has 0 radical (unpaired) electrons. The zero-order valence-electron chi connectivity index (χ0n) is 16.2. The van der Waals surface area contributed by atoms with Gasteiger partial charge in [0.15, 0.2) is 5.82 Å². The Morgan fingerprint density at radius 3 is 2.86 bits per heavy atom. The molecule has 1 saturated heterocycles. The molecule has 1 aliphatic rings. The minimum Gasteiger partial charge on any atom is -0.342 e. The SMILES string of the molecule is Cn1c(Cn2ccnc2)nnc1[C@@H]1CCCN(C(=O)CCc2ccccc2)C1. The topological polar surface area (TPSA) is 68.8 Å². The minimum absolute atomic E-state index is 0.231. The Morgan fingerprint density at radius 1 is 1.21 bits per heavy atom. The van der Waals surface area contributed by atoms with E-state index in [1.807, 2.05) is 40.9 Å². The zero-order valence-corrected chi connectivity index (χ0v) is 16.2. The molecule has 1 atom stereocenters. The first-order chi connectivity index (χ1) is 13.7. The highest BCUT2D eigenvalue weighted by Gasteiger charge is 2.28. The first-order valence-corrected chi connectivity index (χ1v) is 9.86. The fraction of sp³-hybridized carbons (Fsp3) is 0.429. The molecule has 2 aromatic heterocycles. The van der Waals surface area contributed by atoms with Crippen molar-refractivity contribution in [2.45, 2.75) is 38.1 Å². The first kappa shape index (κ1) is 18.4. The standard InChI is InChI=1S/C21H26N6O/c1-25-19(15-26-13-11-22-16-26)23-24-21(25)18-8-5-12-27(14-18)20(28)10-9-17-6-3-2-4-7-17/h2-4,6-7,11,13,16,18H,5,8-10,12,14-15H2,1H3/t18-/m1/s1. The fourth-order valence-corrected chi connectivity index (χ4v) is 3.88. The van der Waals surface area contributed by atoms with E-state index < -0.39 is 0 Å². The Bertz CT molecular complexity index is 902. The summed E-state index contributed by atoms with van der Waals surface area (Å²) in [6, 6.07) is 10.2. The maximum absolute atomic E-state index is 12.7. The molecule has 1 amide bonds. The Labute approximate surface area is 165 Å². The van der Waals surface area contributed by atoms with Gasteiger partial charge in [0.1, 0.15) is 5.82 Å². The van der Waals surface area contributed by atoms with Gasteiger partial charge in [-0.2, -0.15) is 0 Å². The molecule has 0 unspecified atom stereocenters. The number of piperidine rings is 1. The summed E-state index contributed by atoms with van der Waals surface area (Å²) in [5.41, 5.74) is 1.21. The van der Waals surface area contributed by atoms with E-state index in [0.29, 0.717) is 13.0 Å². The van der Waals surface area contributed by atoms with Gasteiger partial charge in [-0.1, -0.05) is 30.3 Å². The third-order valence-electron chi connectivity index (χ3n) is 5.49. The average Bonchev–Trinajstić information content (AvgIpc) is 3.38. The lowest BCUT2D eigenvalue weighted by atomic mass is 9.96. The first-order valence-electron chi connectivity index (χ1n) is 9.86. The van der Waals surface area contributed by atoms with Gasteiger partial charge in [-0.05, 0) is 24.8 Å². The summed E-state index contributed by atoms with van der Waals surface area (Å²) in [4.78, 5) is 18.8.